The van der Waals surface area contributed by atoms with Gasteiger partial charge in [-0.1, -0.05) is 32.9 Å². The van der Waals surface area contributed by atoms with E-state index in [4.69, 9.17) is 5.73 Å². The minimum atomic E-state index is -0.470. The molecule has 98 valence electrons. The van der Waals surface area contributed by atoms with E-state index in [1.165, 1.54) is 6.07 Å². The van der Waals surface area contributed by atoms with Crippen LogP contribution in [0.4, 0.5) is 5.69 Å². The number of primary amides is 1. The lowest BCUT2D eigenvalue weighted by molar-refractivity contribution is -0.385. The molecule has 2 N–H and O–H groups in total. The fraction of sp³-hybridized carbons (Fsp3) is 0.462. The van der Waals surface area contributed by atoms with E-state index in [-0.39, 0.29) is 11.6 Å². The molecule has 18 heavy (non-hydrogen) atoms. The summed E-state index contributed by atoms with van der Waals surface area (Å²) in [6.45, 7) is 5.59. The SMILES string of the molecule is CCC(C(N)=O)c1cccc([N+](=O)[O-])c1C(C)C. The summed E-state index contributed by atoms with van der Waals surface area (Å²) in [5.74, 6) is -0.947. The summed E-state index contributed by atoms with van der Waals surface area (Å²) in [4.78, 5) is 22.1. The van der Waals surface area contributed by atoms with Gasteiger partial charge in [-0.05, 0) is 17.9 Å². The number of nitrogens with two attached hydrogens (primary N) is 1. The Labute approximate surface area is 106 Å². The summed E-state index contributed by atoms with van der Waals surface area (Å²) >= 11 is 0. The summed E-state index contributed by atoms with van der Waals surface area (Å²) < 4.78 is 0. The number of hydrogen-bond donors (Lipinski definition) is 1. The van der Waals surface area contributed by atoms with Gasteiger partial charge in [-0.3, -0.25) is 14.9 Å². The molecule has 0 bridgehead atoms. The number of hydrogen-bond acceptors (Lipinski definition) is 3. The van der Waals surface area contributed by atoms with Crippen molar-refractivity contribution in [1.82, 2.24) is 0 Å². The number of amides is 1. The molecule has 0 heterocycles. The highest BCUT2D eigenvalue weighted by atomic mass is 16.6. The van der Waals surface area contributed by atoms with Crippen LogP contribution in [-0.4, -0.2) is 10.8 Å². The molecule has 0 radical (unpaired) electrons. The lowest BCUT2D eigenvalue weighted by atomic mass is 9.86. The number of benzene rings is 1. The average molecular weight is 250 g/mol. The van der Waals surface area contributed by atoms with E-state index in [1.807, 2.05) is 20.8 Å². The van der Waals surface area contributed by atoms with E-state index in [0.29, 0.717) is 17.5 Å². The van der Waals surface area contributed by atoms with Crippen molar-refractivity contribution in [2.75, 3.05) is 0 Å². The van der Waals surface area contributed by atoms with Gasteiger partial charge in [0.15, 0.2) is 0 Å². The molecule has 0 saturated heterocycles. The second-order valence-electron chi connectivity index (χ2n) is 4.56. The normalized spacial score (nSPS) is 12.4. The van der Waals surface area contributed by atoms with Gasteiger partial charge in [0, 0.05) is 11.6 Å². The van der Waals surface area contributed by atoms with Crippen LogP contribution in [0.5, 0.6) is 0 Å². The number of nitrogens with zero attached hydrogens (tertiary/aromatic N) is 1. The molecule has 0 fully saturated rings. The Hall–Kier alpha value is -1.91. The number of carbonyl (C=O) groups is 1. The molecule has 0 aromatic heterocycles. The highest BCUT2D eigenvalue weighted by Gasteiger charge is 2.26. The molecule has 0 spiro atoms. The van der Waals surface area contributed by atoms with Crippen LogP contribution in [0.15, 0.2) is 18.2 Å². The third-order valence-electron chi connectivity index (χ3n) is 3.02. The molecule has 1 amide bonds. The maximum Gasteiger partial charge on any atom is 0.273 e. The Bertz CT molecular complexity index is 469. The van der Waals surface area contributed by atoms with E-state index in [0.717, 1.165) is 0 Å². The highest BCUT2D eigenvalue weighted by molar-refractivity contribution is 5.82. The minimum Gasteiger partial charge on any atom is -0.369 e. The first-order valence-electron chi connectivity index (χ1n) is 5.96. The minimum absolute atomic E-state index is 0.0324. The van der Waals surface area contributed by atoms with E-state index in [1.54, 1.807) is 12.1 Å². The third-order valence-corrected chi connectivity index (χ3v) is 3.02. The smallest absolute Gasteiger partial charge is 0.273 e. The monoisotopic (exact) mass is 250 g/mol. The summed E-state index contributed by atoms with van der Waals surface area (Å²) in [5, 5.41) is 11.0. The maximum absolute atomic E-state index is 11.4. The number of nitro groups is 1. The van der Waals surface area contributed by atoms with Crippen LogP contribution in [0.2, 0.25) is 0 Å². The van der Waals surface area contributed by atoms with Crippen molar-refractivity contribution in [3.63, 3.8) is 0 Å². The quantitative estimate of drug-likeness (QED) is 0.643. The molecule has 0 saturated carbocycles. The number of carbonyl (C=O) groups excluding carboxylic acids is 1. The zero-order valence-corrected chi connectivity index (χ0v) is 10.8. The average Bonchev–Trinajstić information content (AvgIpc) is 2.28. The molecule has 5 heteroatoms. The second-order valence-corrected chi connectivity index (χ2v) is 4.56. The summed E-state index contributed by atoms with van der Waals surface area (Å²) in [5.41, 5.74) is 6.70. The molecule has 1 rings (SSSR count). The lowest BCUT2D eigenvalue weighted by Crippen LogP contribution is -2.22. The van der Waals surface area contributed by atoms with Gasteiger partial charge in [0.05, 0.1) is 10.8 Å². The molecule has 1 atom stereocenters. The van der Waals surface area contributed by atoms with Gasteiger partial charge in [-0.2, -0.15) is 0 Å². The van der Waals surface area contributed by atoms with E-state index >= 15 is 0 Å². The fourth-order valence-corrected chi connectivity index (χ4v) is 2.24. The topological polar surface area (TPSA) is 86.2 Å². The van der Waals surface area contributed by atoms with Crippen LogP contribution in [0.1, 0.15) is 50.2 Å². The van der Waals surface area contributed by atoms with Gasteiger partial charge < -0.3 is 5.73 Å². The van der Waals surface area contributed by atoms with Crippen molar-refractivity contribution in [3.05, 3.63) is 39.4 Å². The first-order valence-corrected chi connectivity index (χ1v) is 5.96. The number of nitro benzene ring substituents is 1. The van der Waals surface area contributed by atoms with Gasteiger partial charge in [-0.15, -0.1) is 0 Å². The largest absolute Gasteiger partial charge is 0.369 e. The summed E-state index contributed by atoms with van der Waals surface area (Å²) in [7, 11) is 0. The van der Waals surface area contributed by atoms with E-state index in [9.17, 15) is 14.9 Å². The van der Waals surface area contributed by atoms with Crippen LogP contribution in [0.3, 0.4) is 0 Å². The third kappa shape index (κ3) is 2.67. The van der Waals surface area contributed by atoms with Gasteiger partial charge in [-0.25, -0.2) is 0 Å². The molecule has 5 nitrogen and oxygen atoms in total. The van der Waals surface area contributed by atoms with Gasteiger partial charge in [0.25, 0.3) is 5.69 Å². The van der Waals surface area contributed by atoms with Gasteiger partial charge in [0.1, 0.15) is 0 Å². The van der Waals surface area contributed by atoms with Crippen LogP contribution in [0.25, 0.3) is 0 Å². The van der Waals surface area contributed by atoms with Crippen molar-refractivity contribution in [3.8, 4) is 0 Å². The molecule has 0 aliphatic carbocycles. The zero-order valence-electron chi connectivity index (χ0n) is 10.8. The molecular weight excluding hydrogens is 232 g/mol. The Morgan fingerprint density at radius 1 is 1.44 bits per heavy atom. The molecule has 0 aliphatic rings. The lowest BCUT2D eigenvalue weighted by Gasteiger charge is -2.18. The fourth-order valence-electron chi connectivity index (χ4n) is 2.24. The summed E-state index contributed by atoms with van der Waals surface area (Å²) in [6, 6.07) is 4.82. The predicted molar refractivity (Wildman–Crippen MR) is 69.4 cm³/mol. The van der Waals surface area contributed by atoms with E-state index in [2.05, 4.69) is 0 Å². The Morgan fingerprint density at radius 2 is 2.06 bits per heavy atom. The standard InChI is InChI=1S/C13H18N2O3/c1-4-9(13(14)16)10-6-5-7-11(15(17)18)12(10)8(2)3/h5-9H,4H2,1-3H3,(H2,14,16). The molecule has 1 unspecified atom stereocenters. The van der Waals surface area contributed by atoms with Crippen molar-refractivity contribution in [1.29, 1.82) is 0 Å². The molecule has 1 aromatic rings. The molecule has 1 aromatic carbocycles. The van der Waals surface area contributed by atoms with Crippen molar-refractivity contribution < 1.29 is 9.72 Å². The number of rotatable bonds is 5. The summed E-state index contributed by atoms with van der Waals surface area (Å²) in [6.07, 6.45) is 0.538. The Balaban J connectivity index is 3.48. The second kappa shape index (κ2) is 5.62. The zero-order chi connectivity index (χ0) is 13.9. The Morgan fingerprint density at radius 3 is 2.44 bits per heavy atom. The first-order chi connectivity index (χ1) is 8.40. The van der Waals surface area contributed by atoms with Crippen LogP contribution in [0, 0.1) is 10.1 Å². The van der Waals surface area contributed by atoms with Crippen LogP contribution >= 0.6 is 0 Å². The van der Waals surface area contributed by atoms with Crippen LogP contribution < -0.4 is 5.73 Å². The van der Waals surface area contributed by atoms with Crippen molar-refractivity contribution in [2.24, 2.45) is 5.73 Å². The van der Waals surface area contributed by atoms with Gasteiger partial charge >= 0.3 is 0 Å². The van der Waals surface area contributed by atoms with E-state index < -0.39 is 16.7 Å². The van der Waals surface area contributed by atoms with Crippen LogP contribution in [-0.2, 0) is 4.79 Å². The first kappa shape index (κ1) is 14.2. The molecular formula is C13H18N2O3. The highest BCUT2D eigenvalue weighted by Crippen LogP contribution is 2.34. The van der Waals surface area contributed by atoms with Crippen molar-refractivity contribution >= 4 is 11.6 Å². The molecule has 0 aliphatic heterocycles. The maximum atomic E-state index is 11.4. The Kier molecular flexibility index (Phi) is 4.42. The van der Waals surface area contributed by atoms with Crippen molar-refractivity contribution in [2.45, 2.75) is 39.0 Å². The predicted octanol–water partition coefficient (Wildman–Crippen LogP) is 2.70. The van der Waals surface area contributed by atoms with Gasteiger partial charge in [0.2, 0.25) is 5.91 Å².